The monoisotopic (exact) mass is 370 g/mol. The molecule has 0 aliphatic rings. The van der Waals surface area contributed by atoms with Crippen molar-refractivity contribution < 1.29 is 18.0 Å². The lowest BCUT2D eigenvalue weighted by atomic mass is 10.1. The Labute approximate surface area is 148 Å². The second-order valence-corrected chi connectivity index (χ2v) is 8.28. The van der Waals surface area contributed by atoms with E-state index in [1.165, 1.54) is 18.2 Å². The third-order valence-electron chi connectivity index (χ3n) is 3.14. The molecule has 0 unspecified atom stereocenters. The van der Waals surface area contributed by atoms with Gasteiger partial charge in [0.05, 0.1) is 18.0 Å². The number of nitrogens with two attached hydrogens (primary N) is 1. The molecule has 1 rings (SSSR count). The topological polar surface area (TPSA) is 122 Å². The summed E-state index contributed by atoms with van der Waals surface area (Å²) in [6, 6.07) is 5.69. The van der Waals surface area contributed by atoms with Crippen LogP contribution in [0, 0.1) is 0 Å². The molecule has 2 amide bonds. The van der Waals surface area contributed by atoms with Gasteiger partial charge in [0.2, 0.25) is 21.8 Å². The van der Waals surface area contributed by atoms with Crippen LogP contribution in [0.4, 0.5) is 5.69 Å². The van der Waals surface area contributed by atoms with Crippen molar-refractivity contribution in [2.24, 2.45) is 5.14 Å². The lowest BCUT2D eigenvalue weighted by molar-refractivity contribution is -0.124. The highest BCUT2D eigenvalue weighted by molar-refractivity contribution is 7.89. The molecule has 0 aromatic heterocycles. The summed E-state index contributed by atoms with van der Waals surface area (Å²) in [5.74, 6) is -0.518. The molecule has 0 fully saturated rings. The molecule has 0 radical (unpaired) electrons. The number of hydrogen-bond acceptors (Lipinski definition) is 5. The fraction of sp³-hybridized carbons (Fsp3) is 0.500. The molecule has 140 valence electrons. The lowest BCUT2D eigenvalue weighted by Crippen LogP contribution is -2.47. The van der Waals surface area contributed by atoms with Crippen molar-refractivity contribution >= 4 is 27.5 Å². The van der Waals surface area contributed by atoms with E-state index in [2.05, 4.69) is 10.6 Å². The van der Waals surface area contributed by atoms with Gasteiger partial charge < -0.3 is 10.6 Å². The summed E-state index contributed by atoms with van der Waals surface area (Å²) in [6.07, 6.45) is 0. The van der Waals surface area contributed by atoms with Gasteiger partial charge in [-0.05, 0) is 45.5 Å². The van der Waals surface area contributed by atoms with Gasteiger partial charge in [-0.25, -0.2) is 13.6 Å². The number of anilines is 1. The van der Waals surface area contributed by atoms with Gasteiger partial charge in [-0.3, -0.25) is 14.5 Å². The molecule has 8 nitrogen and oxygen atoms in total. The zero-order valence-electron chi connectivity index (χ0n) is 15.0. The minimum atomic E-state index is -3.84. The van der Waals surface area contributed by atoms with Crippen molar-refractivity contribution in [3.05, 3.63) is 24.3 Å². The van der Waals surface area contributed by atoms with Gasteiger partial charge in [0, 0.05) is 11.2 Å². The van der Waals surface area contributed by atoms with E-state index in [0.29, 0.717) is 12.2 Å². The number of hydrogen-bond donors (Lipinski definition) is 3. The fourth-order valence-electron chi connectivity index (χ4n) is 2.09. The Hall–Kier alpha value is -1.97. The van der Waals surface area contributed by atoms with E-state index in [9.17, 15) is 18.0 Å². The molecule has 4 N–H and O–H groups in total. The number of benzene rings is 1. The number of likely N-dealkylation sites (N-methyl/N-ethyl adjacent to an activating group) is 1. The van der Waals surface area contributed by atoms with Crippen molar-refractivity contribution in [2.45, 2.75) is 38.1 Å². The predicted octanol–water partition coefficient (Wildman–Crippen LogP) is 0.509. The van der Waals surface area contributed by atoms with Gasteiger partial charge in [0.25, 0.3) is 0 Å². The van der Waals surface area contributed by atoms with Crippen molar-refractivity contribution in [3.8, 4) is 0 Å². The SMILES string of the molecule is CCN(CC(=O)Nc1cccc(S(N)(=O)=O)c1)CC(=O)NC(C)(C)C. The van der Waals surface area contributed by atoms with E-state index in [4.69, 9.17) is 5.14 Å². The average molecular weight is 370 g/mol. The summed E-state index contributed by atoms with van der Waals surface area (Å²) < 4.78 is 22.7. The Balaban J connectivity index is 2.67. The van der Waals surface area contributed by atoms with Crippen LogP contribution in [-0.4, -0.2) is 50.3 Å². The van der Waals surface area contributed by atoms with Gasteiger partial charge in [0.15, 0.2) is 0 Å². The van der Waals surface area contributed by atoms with Gasteiger partial charge in [-0.15, -0.1) is 0 Å². The Morgan fingerprint density at radius 3 is 2.28 bits per heavy atom. The summed E-state index contributed by atoms with van der Waals surface area (Å²) in [7, 11) is -3.84. The van der Waals surface area contributed by atoms with E-state index in [1.807, 2.05) is 27.7 Å². The van der Waals surface area contributed by atoms with Crippen LogP contribution in [-0.2, 0) is 19.6 Å². The number of nitrogens with zero attached hydrogens (tertiary/aromatic N) is 1. The zero-order chi connectivity index (χ0) is 19.3. The molecule has 0 saturated carbocycles. The molecule has 1 aromatic rings. The molecule has 0 atom stereocenters. The van der Waals surface area contributed by atoms with Crippen LogP contribution in [0.15, 0.2) is 29.2 Å². The first-order chi connectivity index (χ1) is 11.4. The number of carbonyl (C=O) groups is 2. The third-order valence-corrected chi connectivity index (χ3v) is 4.05. The second kappa shape index (κ2) is 8.41. The van der Waals surface area contributed by atoms with Crippen LogP contribution >= 0.6 is 0 Å². The highest BCUT2D eigenvalue weighted by Crippen LogP contribution is 2.14. The number of sulfonamides is 1. The van der Waals surface area contributed by atoms with E-state index in [1.54, 1.807) is 11.0 Å². The number of primary sulfonamides is 1. The first-order valence-corrected chi connectivity index (χ1v) is 9.41. The van der Waals surface area contributed by atoms with Crippen LogP contribution in [0.3, 0.4) is 0 Å². The van der Waals surface area contributed by atoms with E-state index in [-0.39, 0.29) is 35.3 Å². The molecule has 0 heterocycles. The van der Waals surface area contributed by atoms with Crippen LogP contribution in [0.25, 0.3) is 0 Å². The van der Waals surface area contributed by atoms with Crippen LogP contribution in [0.2, 0.25) is 0 Å². The molecule has 9 heteroatoms. The largest absolute Gasteiger partial charge is 0.350 e. The molecule has 0 aliphatic heterocycles. The average Bonchev–Trinajstić information content (AvgIpc) is 2.43. The Morgan fingerprint density at radius 1 is 1.16 bits per heavy atom. The third kappa shape index (κ3) is 8.10. The second-order valence-electron chi connectivity index (χ2n) is 6.72. The maximum Gasteiger partial charge on any atom is 0.238 e. The van der Waals surface area contributed by atoms with Gasteiger partial charge in [0.1, 0.15) is 0 Å². The number of amides is 2. The van der Waals surface area contributed by atoms with Gasteiger partial charge in [-0.1, -0.05) is 13.0 Å². The number of rotatable bonds is 7. The minimum absolute atomic E-state index is 0.00760. The van der Waals surface area contributed by atoms with E-state index < -0.39 is 10.0 Å². The summed E-state index contributed by atoms with van der Waals surface area (Å²) in [4.78, 5) is 25.7. The maximum atomic E-state index is 12.1. The van der Waals surface area contributed by atoms with Crippen molar-refractivity contribution in [3.63, 3.8) is 0 Å². The van der Waals surface area contributed by atoms with Crippen molar-refractivity contribution in [1.82, 2.24) is 10.2 Å². The summed E-state index contributed by atoms with van der Waals surface area (Å²) in [5, 5.41) is 10.5. The molecule has 0 aliphatic carbocycles. The first kappa shape index (κ1) is 21.1. The van der Waals surface area contributed by atoms with E-state index >= 15 is 0 Å². The Bertz CT molecular complexity index is 726. The Kier molecular flexibility index (Phi) is 7.09. The van der Waals surface area contributed by atoms with E-state index in [0.717, 1.165) is 0 Å². The molecule has 0 spiro atoms. The quantitative estimate of drug-likeness (QED) is 0.645. The summed E-state index contributed by atoms with van der Waals surface area (Å²) >= 11 is 0. The number of nitrogens with one attached hydrogen (secondary N) is 2. The molecular weight excluding hydrogens is 344 g/mol. The molecule has 25 heavy (non-hydrogen) atoms. The zero-order valence-corrected chi connectivity index (χ0v) is 15.8. The fourth-order valence-corrected chi connectivity index (χ4v) is 2.65. The molecule has 0 saturated heterocycles. The lowest BCUT2D eigenvalue weighted by Gasteiger charge is -2.24. The van der Waals surface area contributed by atoms with Crippen LogP contribution < -0.4 is 15.8 Å². The highest BCUT2D eigenvalue weighted by atomic mass is 32.2. The molecule has 1 aromatic carbocycles. The predicted molar refractivity (Wildman–Crippen MR) is 96.5 cm³/mol. The minimum Gasteiger partial charge on any atom is -0.350 e. The molecule has 0 bridgehead atoms. The number of carbonyl (C=O) groups excluding carboxylic acids is 2. The normalized spacial score (nSPS) is 12.1. The summed E-state index contributed by atoms with van der Waals surface area (Å²) in [5.41, 5.74) is -0.0147. The maximum absolute atomic E-state index is 12.1. The van der Waals surface area contributed by atoms with Crippen LogP contribution in [0.1, 0.15) is 27.7 Å². The van der Waals surface area contributed by atoms with Gasteiger partial charge >= 0.3 is 0 Å². The standard InChI is InChI=1S/C16H26N4O4S/c1-5-20(11-15(22)19-16(2,3)4)10-14(21)18-12-7-6-8-13(9-12)25(17,23)24/h6-9H,5,10-11H2,1-4H3,(H,18,21)(H,19,22)(H2,17,23,24). The smallest absolute Gasteiger partial charge is 0.238 e. The molecular formula is C16H26N4O4S. The van der Waals surface area contributed by atoms with Crippen molar-refractivity contribution in [2.75, 3.05) is 25.0 Å². The highest BCUT2D eigenvalue weighted by Gasteiger charge is 2.18. The van der Waals surface area contributed by atoms with Gasteiger partial charge in [-0.2, -0.15) is 0 Å². The summed E-state index contributed by atoms with van der Waals surface area (Å²) in [6.45, 7) is 8.11. The van der Waals surface area contributed by atoms with Crippen molar-refractivity contribution in [1.29, 1.82) is 0 Å². The van der Waals surface area contributed by atoms with Crippen LogP contribution in [0.5, 0.6) is 0 Å². The first-order valence-electron chi connectivity index (χ1n) is 7.87. The Morgan fingerprint density at radius 2 is 1.76 bits per heavy atom.